The largest absolute Gasteiger partial charge is 0.469 e. The van der Waals surface area contributed by atoms with Crippen LogP contribution in [0.1, 0.15) is 70.2 Å². The van der Waals surface area contributed by atoms with Crippen LogP contribution in [0.4, 0.5) is 4.79 Å². The van der Waals surface area contributed by atoms with Gasteiger partial charge in [-0.2, -0.15) is 0 Å². The van der Waals surface area contributed by atoms with Crippen LogP contribution < -0.4 is 10.6 Å². The van der Waals surface area contributed by atoms with Crippen LogP contribution in [-0.2, 0) is 11.2 Å². The molecule has 0 bridgehead atoms. The lowest BCUT2D eigenvalue weighted by molar-refractivity contribution is 0.0517. The highest BCUT2D eigenvalue weighted by Gasteiger charge is 2.32. The third-order valence-corrected chi connectivity index (χ3v) is 5.03. The summed E-state index contributed by atoms with van der Waals surface area (Å²) in [4.78, 5) is 11.9. The summed E-state index contributed by atoms with van der Waals surface area (Å²) in [7, 11) is 0. The predicted molar refractivity (Wildman–Crippen MR) is 92.9 cm³/mol. The molecule has 1 amide bonds. The lowest BCUT2D eigenvalue weighted by atomic mass is 9.91. The second-order valence-corrected chi connectivity index (χ2v) is 8.09. The average Bonchev–Trinajstić information content (AvgIpc) is 3.12. The van der Waals surface area contributed by atoms with E-state index in [-0.39, 0.29) is 6.09 Å². The summed E-state index contributed by atoms with van der Waals surface area (Å²) in [6, 6.07) is 2.94. The Hall–Kier alpha value is -1.49. The molecule has 3 rings (SSSR count). The molecule has 0 radical (unpaired) electrons. The number of hydrogen-bond donors (Lipinski definition) is 2. The highest BCUT2D eigenvalue weighted by atomic mass is 16.6. The fourth-order valence-corrected chi connectivity index (χ4v) is 3.95. The van der Waals surface area contributed by atoms with E-state index in [1.165, 1.54) is 24.8 Å². The van der Waals surface area contributed by atoms with Crippen molar-refractivity contribution < 1.29 is 13.9 Å². The fourth-order valence-electron chi connectivity index (χ4n) is 3.95. The van der Waals surface area contributed by atoms with E-state index < -0.39 is 5.60 Å². The van der Waals surface area contributed by atoms with Crippen LogP contribution in [0.25, 0.3) is 0 Å². The minimum atomic E-state index is -0.447. The molecule has 0 saturated heterocycles. The number of nitrogens with one attached hydrogen (secondary N) is 2. The monoisotopic (exact) mass is 334 g/mol. The van der Waals surface area contributed by atoms with E-state index in [4.69, 9.17) is 9.15 Å². The summed E-state index contributed by atoms with van der Waals surface area (Å²) in [6.07, 6.45) is 8.41. The van der Waals surface area contributed by atoms with Crippen LogP contribution in [0, 0.1) is 5.92 Å². The summed E-state index contributed by atoms with van der Waals surface area (Å²) < 4.78 is 10.9. The summed E-state index contributed by atoms with van der Waals surface area (Å²) in [5.74, 6) is 1.61. The van der Waals surface area contributed by atoms with E-state index in [1.807, 2.05) is 20.8 Å². The Morgan fingerprint density at radius 3 is 2.92 bits per heavy atom. The Labute approximate surface area is 144 Å². The van der Waals surface area contributed by atoms with Crippen LogP contribution in [0.2, 0.25) is 0 Å². The van der Waals surface area contributed by atoms with E-state index in [9.17, 15) is 4.79 Å². The Balaban J connectivity index is 1.52. The van der Waals surface area contributed by atoms with E-state index in [0.29, 0.717) is 24.5 Å². The maximum absolute atomic E-state index is 11.9. The third-order valence-electron chi connectivity index (χ3n) is 5.03. The number of alkyl carbamates (subject to hydrolysis) is 1. The van der Waals surface area contributed by atoms with Crippen LogP contribution >= 0.6 is 0 Å². The molecular formula is C19H30N2O3. The lowest BCUT2D eigenvalue weighted by Crippen LogP contribution is -2.42. The normalized spacial score (nSPS) is 26.9. The first-order chi connectivity index (χ1) is 11.4. The van der Waals surface area contributed by atoms with Crippen molar-refractivity contribution in [3.05, 3.63) is 23.7 Å². The first-order valence-electron chi connectivity index (χ1n) is 9.21. The van der Waals surface area contributed by atoms with E-state index >= 15 is 0 Å². The first-order valence-corrected chi connectivity index (χ1v) is 9.21. The van der Waals surface area contributed by atoms with Crippen molar-refractivity contribution in [1.82, 2.24) is 10.6 Å². The predicted octanol–water partition coefficient (Wildman–Crippen LogP) is 3.94. The molecule has 3 unspecified atom stereocenters. The van der Waals surface area contributed by atoms with Gasteiger partial charge in [-0.15, -0.1) is 0 Å². The summed E-state index contributed by atoms with van der Waals surface area (Å²) in [5.41, 5.74) is 0.879. The maximum Gasteiger partial charge on any atom is 0.407 e. The van der Waals surface area contributed by atoms with Crippen LogP contribution in [0.15, 0.2) is 16.7 Å². The Bertz CT molecular complexity index is 561. The second-order valence-electron chi connectivity index (χ2n) is 8.09. The SMILES string of the molecule is CC(C)(C)OC(=O)NCC1CCCC1NC1CCCc2occc21. The van der Waals surface area contributed by atoms with Crippen LogP contribution in [-0.4, -0.2) is 24.3 Å². The number of carbonyl (C=O) groups excluding carboxylic acids is 1. The number of rotatable bonds is 4. The number of aryl methyl sites for hydroxylation is 1. The number of amides is 1. The van der Waals surface area contributed by atoms with Gasteiger partial charge in [-0.3, -0.25) is 0 Å². The number of hydrogen-bond acceptors (Lipinski definition) is 4. The molecule has 2 aliphatic carbocycles. The molecule has 5 nitrogen and oxygen atoms in total. The van der Waals surface area contributed by atoms with Crippen molar-refractivity contribution in [3.8, 4) is 0 Å². The van der Waals surface area contributed by atoms with Gasteiger partial charge in [-0.25, -0.2) is 4.79 Å². The molecule has 1 aromatic rings. The zero-order chi connectivity index (χ0) is 17.2. The number of ether oxygens (including phenoxy) is 1. The van der Waals surface area contributed by atoms with Crippen molar-refractivity contribution in [2.24, 2.45) is 5.92 Å². The molecule has 2 N–H and O–H groups in total. The van der Waals surface area contributed by atoms with E-state index in [0.717, 1.165) is 25.0 Å². The van der Waals surface area contributed by atoms with E-state index in [2.05, 4.69) is 16.7 Å². The van der Waals surface area contributed by atoms with Gasteiger partial charge < -0.3 is 19.8 Å². The van der Waals surface area contributed by atoms with Crippen molar-refractivity contribution in [1.29, 1.82) is 0 Å². The van der Waals surface area contributed by atoms with Gasteiger partial charge in [0.15, 0.2) is 0 Å². The summed E-state index contributed by atoms with van der Waals surface area (Å²) in [5, 5.41) is 6.77. The highest BCUT2D eigenvalue weighted by molar-refractivity contribution is 5.67. The van der Waals surface area contributed by atoms with Gasteiger partial charge in [-0.05, 0) is 58.4 Å². The average molecular weight is 334 g/mol. The Morgan fingerprint density at radius 1 is 1.29 bits per heavy atom. The fraction of sp³-hybridized carbons (Fsp3) is 0.737. The van der Waals surface area contributed by atoms with Gasteiger partial charge in [0.1, 0.15) is 11.4 Å². The molecule has 0 aliphatic heterocycles. The Morgan fingerprint density at radius 2 is 2.12 bits per heavy atom. The van der Waals surface area contributed by atoms with Gasteiger partial charge in [0.25, 0.3) is 0 Å². The molecular weight excluding hydrogens is 304 g/mol. The van der Waals surface area contributed by atoms with Crippen LogP contribution in [0.3, 0.4) is 0 Å². The smallest absolute Gasteiger partial charge is 0.407 e. The van der Waals surface area contributed by atoms with Gasteiger partial charge in [-0.1, -0.05) is 6.42 Å². The van der Waals surface area contributed by atoms with Gasteiger partial charge in [0.2, 0.25) is 0 Å². The minimum Gasteiger partial charge on any atom is -0.469 e. The van der Waals surface area contributed by atoms with Gasteiger partial charge in [0.05, 0.1) is 6.26 Å². The maximum atomic E-state index is 11.9. The number of carbonyl (C=O) groups is 1. The first kappa shape index (κ1) is 17.3. The summed E-state index contributed by atoms with van der Waals surface area (Å²) in [6.45, 7) is 6.34. The molecule has 24 heavy (non-hydrogen) atoms. The highest BCUT2D eigenvalue weighted by Crippen LogP contribution is 2.34. The van der Waals surface area contributed by atoms with Crippen molar-refractivity contribution in [2.75, 3.05) is 6.54 Å². The molecule has 0 aromatic carbocycles. The standard InChI is InChI=1S/C19H30N2O3/c1-19(2,3)24-18(22)20-12-13-6-4-7-15(13)21-16-8-5-9-17-14(16)10-11-23-17/h10-11,13,15-16,21H,4-9,12H2,1-3H3,(H,20,22). The van der Waals surface area contributed by atoms with Crippen molar-refractivity contribution in [3.63, 3.8) is 0 Å². The quantitative estimate of drug-likeness (QED) is 0.875. The molecule has 2 aliphatic rings. The molecule has 5 heteroatoms. The van der Waals surface area contributed by atoms with Gasteiger partial charge in [0, 0.05) is 30.6 Å². The zero-order valence-corrected chi connectivity index (χ0v) is 15.1. The van der Waals surface area contributed by atoms with Crippen molar-refractivity contribution >= 4 is 6.09 Å². The number of furan rings is 1. The summed E-state index contributed by atoms with van der Waals surface area (Å²) >= 11 is 0. The topological polar surface area (TPSA) is 63.5 Å². The van der Waals surface area contributed by atoms with Gasteiger partial charge >= 0.3 is 6.09 Å². The molecule has 1 aromatic heterocycles. The molecule has 1 heterocycles. The van der Waals surface area contributed by atoms with E-state index in [1.54, 1.807) is 6.26 Å². The van der Waals surface area contributed by atoms with Crippen LogP contribution in [0.5, 0.6) is 0 Å². The Kier molecular flexibility index (Phi) is 5.18. The number of fused-ring (bicyclic) bond motifs is 1. The minimum absolute atomic E-state index is 0.317. The lowest BCUT2D eigenvalue weighted by Gasteiger charge is -2.30. The molecule has 0 spiro atoms. The second kappa shape index (κ2) is 7.18. The molecule has 1 fully saturated rings. The zero-order valence-electron chi connectivity index (χ0n) is 15.1. The van der Waals surface area contributed by atoms with Crippen molar-refractivity contribution in [2.45, 2.75) is 77.0 Å². The molecule has 134 valence electrons. The third kappa shape index (κ3) is 4.32. The molecule has 1 saturated carbocycles. The molecule has 3 atom stereocenters.